The third-order valence-corrected chi connectivity index (χ3v) is 6.53. The van der Waals surface area contributed by atoms with Crippen LogP contribution in [0.3, 0.4) is 0 Å². The Morgan fingerprint density at radius 1 is 0.968 bits per heavy atom. The second-order valence-electron chi connectivity index (χ2n) is 7.42. The van der Waals surface area contributed by atoms with Crippen molar-refractivity contribution in [3.05, 3.63) is 107 Å². The van der Waals surface area contributed by atoms with Crippen LogP contribution in [0, 0.1) is 5.82 Å². The molecule has 1 heterocycles. The summed E-state index contributed by atoms with van der Waals surface area (Å²) in [4.78, 5) is 26.8. The predicted molar refractivity (Wildman–Crippen MR) is 121 cm³/mol. The minimum Gasteiger partial charge on any atom is -0.348 e. The van der Waals surface area contributed by atoms with Crippen molar-refractivity contribution >= 4 is 23.6 Å². The number of benzene rings is 3. The number of amides is 2. The van der Waals surface area contributed by atoms with E-state index in [2.05, 4.69) is 17.4 Å². The van der Waals surface area contributed by atoms with Gasteiger partial charge in [0, 0.05) is 18.7 Å². The Hall–Kier alpha value is -3.12. The molecule has 0 aromatic heterocycles. The van der Waals surface area contributed by atoms with Crippen LogP contribution in [0.15, 0.2) is 78.9 Å². The van der Waals surface area contributed by atoms with Gasteiger partial charge in [0.1, 0.15) is 11.2 Å². The number of carbonyl (C=O) groups is 2. The normalized spacial score (nSPS) is 15.8. The van der Waals surface area contributed by atoms with Gasteiger partial charge in [0.15, 0.2) is 0 Å². The number of thioether (sulfide) groups is 1. The molecule has 1 aliphatic heterocycles. The third kappa shape index (κ3) is 5.33. The van der Waals surface area contributed by atoms with Crippen molar-refractivity contribution < 1.29 is 14.0 Å². The van der Waals surface area contributed by atoms with E-state index in [1.165, 1.54) is 17.7 Å². The molecule has 2 amide bonds. The largest absolute Gasteiger partial charge is 0.348 e. The van der Waals surface area contributed by atoms with Crippen LogP contribution in [-0.4, -0.2) is 29.0 Å². The first kappa shape index (κ1) is 21.1. The van der Waals surface area contributed by atoms with Gasteiger partial charge in [0.2, 0.25) is 5.91 Å². The van der Waals surface area contributed by atoms with E-state index in [0.717, 1.165) is 17.5 Å². The van der Waals surface area contributed by atoms with Crippen LogP contribution in [-0.2, 0) is 17.8 Å². The summed E-state index contributed by atoms with van der Waals surface area (Å²) >= 11 is 1.61. The van der Waals surface area contributed by atoms with Crippen LogP contribution in [0.5, 0.6) is 0 Å². The molecule has 0 bridgehead atoms. The van der Waals surface area contributed by atoms with Gasteiger partial charge >= 0.3 is 0 Å². The quantitative estimate of drug-likeness (QED) is 0.593. The molecular formula is C25H23FN2O2S. The molecular weight excluding hydrogens is 411 g/mol. The zero-order valence-electron chi connectivity index (χ0n) is 17.0. The van der Waals surface area contributed by atoms with E-state index in [4.69, 9.17) is 0 Å². The molecule has 0 saturated carbocycles. The smallest absolute Gasteiger partial charge is 0.251 e. The molecule has 1 unspecified atom stereocenters. The zero-order valence-corrected chi connectivity index (χ0v) is 17.8. The molecule has 3 aromatic rings. The number of hydrogen-bond donors (Lipinski definition) is 1. The molecule has 1 saturated heterocycles. The summed E-state index contributed by atoms with van der Waals surface area (Å²) in [7, 11) is 0. The molecule has 0 radical (unpaired) electrons. The first-order valence-electron chi connectivity index (χ1n) is 10.2. The van der Waals surface area contributed by atoms with E-state index in [0.29, 0.717) is 24.4 Å². The Morgan fingerprint density at radius 3 is 2.39 bits per heavy atom. The van der Waals surface area contributed by atoms with Crippen molar-refractivity contribution in [3.63, 3.8) is 0 Å². The maximum Gasteiger partial charge on any atom is 0.251 e. The Labute approximate surface area is 185 Å². The van der Waals surface area contributed by atoms with Gasteiger partial charge in [-0.05, 0) is 47.4 Å². The number of rotatable bonds is 7. The summed E-state index contributed by atoms with van der Waals surface area (Å²) < 4.78 is 13.0. The third-order valence-electron chi connectivity index (χ3n) is 5.28. The van der Waals surface area contributed by atoms with Crippen molar-refractivity contribution in [1.29, 1.82) is 0 Å². The molecule has 0 spiro atoms. The number of hydrogen-bond acceptors (Lipinski definition) is 3. The van der Waals surface area contributed by atoms with Crippen LogP contribution in [0.25, 0.3) is 0 Å². The average Bonchev–Trinajstić information content (AvgIpc) is 3.18. The van der Waals surface area contributed by atoms with Gasteiger partial charge in [-0.15, -0.1) is 11.8 Å². The lowest BCUT2D eigenvalue weighted by Gasteiger charge is -2.24. The van der Waals surface area contributed by atoms with Crippen LogP contribution in [0.4, 0.5) is 4.39 Å². The van der Waals surface area contributed by atoms with E-state index in [1.54, 1.807) is 36.0 Å². The van der Waals surface area contributed by atoms with E-state index in [9.17, 15) is 14.0 Å². The molecule has 1 N–H and O–H groups in total. The summed E-state index contributed by atoms with van der Waals surface area (Å²) in [5.74, 6) is 0.130. The van der Waals surface area contributed by atoms with Gasteiger partial charge in [0.25, 0.3) is 5.91 Å². The minimum atomic E-state index is -0.299. The zero-order chi connectivity index (χ0) is 21.6. The van der Waals surface area contributed by atoms with Crippen molar-refractivity contribution in [3.8, 4) is 0 Å². The van der Waals surface area contributed by atoms with Gasteiger partial charge in [-0.3, -0.25) is 9.59 Å². The Kier molecular flexibility index (Phi) is 6.67. The van der Waals surface area contributed by atoms with E-state index < -0.39 is 0 Å². The fourth-order valence-electron chi connectivity index (χ4n) is 3.55. The van der Waals surface area contributed by atoms with Crippen LogP contribution >= 0.6 is 11.8 Å². The second kappa shape index (κ2) is 9.79. The molecule has 4 rings (SSSR count). The summed E-state index contributed by atoms with van der Waals surface area (Å²) in [6.07, 6.45) is 0.813. The van der Waals surface area contributed by atoms with E-state index >= 15 is 0 Å². The van der Waals surface area contributed by atoms with Gasteiger partial charge < -0.3 is 10.2 Å². The Morgan fingerprint density at radius 2 is 1.68 bits per heavy atom. The fourth-order valence-corrected chi connectivity index (χ4v) is 4.77. The monoisotopic (exact) mass is 434 g/mol. The first-order valence-corrected chi connectivity index (χ1v) is 11.2. The Balaban J connectivity index is 1.37. The maximum absolute atomic E-state index is 13.0. The summed E-state index contributed by atoms with van der Waals surface area (Å²) in [6, 6.07) is 23.6. The minimum absolute atomic E-state index is 0.0347. The molecule has 1 atom stereocenters. The first-order chi connectivity index (χ1) is 15.1. The second-order valence-corrected chi connectivity index (χ2v) is 8.49. The number of carbonyl (C=O) groups excluding carboxylic acids is 2. The van der Waals surface area contributed by atoms with Gasteiger partial charge in [-0.1, -0.05) is 54.6 Å². The Bertz CT molecular complexity index is 1040. The summed E-state index contributed by atoms with van der Waals surface area (Å²) in [6.45, 7) is 1.00. The predicted octanol–water partition coefficient (Wildman–Crippen LogP) is 4.57. The molecule has 0 aliphatic carbocycles. The highest BCUT2D eigenvalue weighted by Gasteiger charge is 2.32. The van der Waals surface area contributed by atoms with Gasteiger partial charge in [0.05, 0.1) is 5.75 Å². The van der Waals surface area contributed by atoms with Crippen molar-refractivity contribution in [1.82, 2.24) is 10.2 Å². The standard InChI is InChI=1S/C25H23FN2O2S/c26-22-12-6-19(7-13-22)16-27-24(30)20-8-10-21(11-9-20)25-28(23(29)17-31-25)15-14-18-4-2-1-3-5-18/h1-13,25H,14-17H2,(H,27,30). The molecule has 1 fully saturated rings. The SMILES string of the molecule is O=C(NCc1ccc(F)cc1)c1ccc(C2SCC(=O)N2CCc2ccccc2)cc1. The average molecular weight is 435 g/mol. The molecule has 6 heteroatoms. The summed E-state index contributed by atoms with van der Waals surface area (Å²) in [5.41, 5.74) is 3.61. The van der Waals surface area contributed by atoms with E-state index in [1.807, 2.05) is 35.2 Å². The van der Waals surface area contributed by atoms with Gasteiger partial charge in [-0.25, -0.2) is 4.39 Å². The number of halogens is 1. The van der Waals surface area contributed by atoms with Crippen molar-refractivity contribution in [2.45, 2.75) is 18.3 Å². The lowest BCUT2D eigenvalue weighted by molar-refractivity contribution is -0.128. The lowest BCUT2D eigenvalue weighted by atomic mass is 10.1. The highest BCUT2D eigenvalue weighted by molar-refractivity contribution is 8.00. The molecule has 1 aliphatic rings. The van der Waals surface area contributed by atoms with Crippen molar-refractivity contribution in [2.24, 2.45) is 0 Å². The van der Waals surface area contributed by atoms with E-state index in [-0.39, 0.29) is 23.0 Å². The topological polar surface area (TPSA) is 49.4 Å². The van der Waals surface area contributed by atoms with Crippen molar-refractivity contribution in [2.75, 3.05) is 12.3 Å². The van der Waals surface area contributed by atoms with Gasteiger partial charge in [-0.2, -0.15) is 0 Å². The fraction of sp³-hybridized carbons (Fsp3) is 0.200. The van der Waals surface area contributed by atoms with Crippen LogP contribution in [0.1, 0.15) is 32.4 Å². The van der Waals surface area contributed by atoms with Crippen LogP contribution in [0.2, 0.25) is 0 Å². The lowest BCUT2D eigenvalue weighted by Crippen LogP contribution is -2.30. The molecule has 158 valence electrons. The molecule has 31 heavy (non-hydrogen) atoms. The number of nitrogens with one attached hydrogen (secondary N) is 1. The highest BCUT2D eigenvalue weighted by Crippen LogP contribution is 2.38. The molecule has 3 aromatic carbocycles. The maximum atomic E-state index is 13.0. The highest BCUT2D eigenvalue weighted by atomic mass is 32.2. The summed E-state index contributed by atoms with van der Waals surface area (Å²) in [5, 5.41) is 2.81. The number of nitrogens with zero attached hydrogens (tertiary/aromatic N) is 1. The molecule has 4 nitrogen and oxygen atoms in total. The van der Waals surface area contributed by atoms with Crippen LogP contribution < -0.4 is 5.32 Å².